The van der Waals surface area contributed by atoms with Gasteiger partial charge in [0.15, 0.2) is 19.7 Å². The Morgan fingerprint density at radius 3 is 1.31 bits per heavy atom. The van der Waals surface area contributed by atoms with Crippen molar-refractivity contribution in [3.63, 3.8) is 0 Å². The topological polar surface area (TPSA) is 124 Å². The standard InChI is InChI=1S/C65H100N3O7S2/c1-11-15-39-64(40-16-12-2)48-76(71,72)58-37-33-53(66(5)6)46-56(58)60(62(64)69)51-29-27-50(28-30-51)26-22-19-20-23-43-68(9,10)44-24-21-25-45-75-55-35-31-52(32-36-55)61-57-47-54(67(7)8)34-38-59(57)77(73,74)49-65(63(61)70,41-17-13-3)42-18-14-4/h27-38,46-47,60-63,69-70H,11-26,39-45,48-49H2,1-10H3/q+1/t60-,61-,62-,63-/m1/s1. The van der Waals surface area contributed by atoms with Gasteiger partial charge in [-0.15, -0.1) is 0 Å². The molecule has 0 saturated carbocycles. The van der Waals surface area contributed by atoms with Crippen molar-refractivity contribution in [1.82, 2.24) is 0 Å². The van der Waals surface area contributed by atoms with Crippen molar-refractivity contribution >= 4 is 31.0 Å². The van der Waals surface area contributed by atoms with Gasteiger partial charge in [0, 0.05) is 62.2 Å². The van der Waals surface area contributed by atoms with Crippen LogP contribution in [0, 0.1) is 10.8 Å². The average Bonchev–Trinajstić information content (AvgIpc) is 3.55. The molecule has 0 unspecified atom stereocenters. The number of fused-ring (bicyclic) bond motifs is 2. The molecular weight excluding hydrogens is 999 g/mol. The molecule has 0 fully saturated rings. The maximum absolute atomic E-state index is 14.3. The lowest BCUT2D eigenvalue weighted by molar-refractivity contribution is -0.890. The summed E-state index contributed by atoms with van der Waals surface area (Å²) in [6.07, 6.45) is 17.2. The summed E-state index contributed by atoms with van der Waals surface area (Å²) in [4.78, 5) is 4.70. The molecule has 0 saturated heterocycles. The van der Waals surface area contributed by atoms with Crippen LogP contribution in [0.2, 0.25) is 0 Å². The van der Waals surface area contributed by atoms with Gasteiger partial charge in [-0.3, -0.25) is 0 Å². The number of aliphatic hydroxyl groups excluding tert-OH is 2. The van der Waals surface area contributed by atoms with Crippen molar-refractivity contribution in [1.29, 1.82) is 0 Å². The minimum Gasteiger partial charge on any atom is -0.494 e. The van der Waals surface area contributed by atoms with Crippen LogP contribution in [0.1, 0.15) is 189 Å². The van der Waals surface area contributed by atoms with Crippen molar-refractivity contribution in [2.24, 2.45) is 10.8 Å². The molecule has 2 aliphatic heterocycles. The van der Waals surface area contributed by atoms with Crippen molar-refractivity contribution in [3.8, 4) is 5.75 Å². The van der Waals surface area contributed by atoms with E-state index in [-0.39, 0.29) is 11.5 Å². The van der Waals surface area contributed by atoms with Gasteiger partial charge in [0.25, 0.3) is 0 Å². The number of benzene rings is 4. The van der Waals surface area contributed by atoms with Gasteiger partial charge in [0.2, 0.25) is 0 Å². The highest BCUT2D eigenvalue weighted by atomic mass is 32.2. The Balaban J connectivity index is 0.979. The second-order valence-corrected chi connectivity index (χ2v) is 28.4. The Kier molecular flexibility index (Phi) is 22.6. The van der Waals surface area contributed by atoms with E-state index in [0.717, 1.165) is 135 Å². The van der Waals surface area contributed by atoms with Crippen LogP contribution in [0.15, 0.2) is 94.7 Å². The highest BCUT2D eigenvalue weighted by molar-refractivity contribution is 7.91. The van der Waals surface area contributed by atoms with Crippen molar-refractivity contribution < 1.29 is 36.3 Å². The number of hydrogen-bond donors (Lipinski definition) is 2. The molecule has 0 amide bonds. The number of aliphatic hydroxyl groups is 2. The number of quaternary nitrogens is 1. The predicted molar refractivity (Wildman–Crippen MR) is 321 cm³/mol. The summed E-state index contributed by atoms with van der Waals surface area (Å²) < 4.78 is 64.3. The average molecular weight is 1100 g/mol. The van der Waals surface area contributed by atoms with Crippen LogP contribution in [0.4, 0.5) is 11.4 Å². The maximum atomic E-state index is 14.3. The van der Waals surface area contributed by atoms with E-state index in [1.165, 1.54) is 24.8 Å². The molecule has 77 heavy (non-hydrogen) atoms. The number of unbranched alkanes of at least 4 members (excludes halogenated alkanes) is 9. The fourth-order valence-corrected chi connectivity index (χ4v) is 17.2. The Morgan fingerprint density at radius 1 is 0.519 bits per heavy atom. The Labute approximate surface area is 467 Å². The summed E-state index contributed by atoms with van der Waals surface area (Å²) in [6, 6.07) is 28.0. The van der Waals surface area contributed by atoms with E-state index in [4.69, 9.17) is 4.74 Å². The van der Waals surface area contributed by atoms with Gasteiger partial charge in [0.05, 0.1) is 67.3 Å². The lowest BCUT2D eigenvalue weighted by Gasteiger charge is -2.40. The highest BCUT2D eigenvalue weighted by Crippen LogP contribution is 2.52. The first-order valence-corrected chi connectivity index (χ1v) is 33.0. The van der Waals surface area contributed by atoms with Crippen LogP contribution < -0.4 is 14.5 Å². The number of rotatable bonds is 30. The zero-order valence-electron chi connectivity index (χ0n) is 49.2. The lowest BCUT2D eigenvalue weighted by atomic mass is 9.68. The van der Waals surface area contributed by atoms with E-state index in [2.05, 4.69) is 66.1 Å². The molecule has 10 nitrogen and oxygen atoms in total. The molecule has 4 aromatic rings. The summed E-state index contributed by atoms with van der Waals surface area (Å²) in [7, 11) is 5.25. The van der Waals surface area contributed by atoms with Crippen LogP contribution in [-0.4, -0.2) is 117 Å². The molecule has 2 aliphatic rings. The van der Waals surface area contributed by atoms with Gasteiger partial charge in [-0.2, -0.15) is 0 Å². The SMILES string of the molecule is CCCCC1(CCCC)CS(=O)(=O)c2ccc(N(C)C)cc2[C@@H](c2ccc(CCCCCC[N+](C)(C)CCCCCOc3ccc([C@@H]4c5cc(N(C)C)ccc5S(=O)(=O)CC(CCCC)(CCCC)[C@@H]4O)cc3)cc2)[C@H]1O. The third-order valence-corrected chi connectivity index (χ3v) is 21.5. The van der Waals surface area contributed by atoms with E-state index in [0.29, 0.717) is 47.6 Å². The summed E-state index contributed by atoms with van der Waals surface area (Å²) in [5.41, 5.74) is 4.96. The second-order valence-electron chi connectivity index (χ2n) is 24.5. The number of anilines is 2. The summed E-state index contributed by atoms with van der Waals surface area (Å²) >= 11 is 0. The van der Waals surface area contributed by atoms with Gasteiger partial charge in [-0.05, 0) is 147 Å². The minimum atomic E-state index is -3.66. The molecule has 12 heteroatoms. The molecule has 0 aromatic heterocycles. The molecule has 0 radical (unpaired) electrons. The molecule has 2 heterocycles. The molecule has 0 aliphatic carbocycles. The van der Waals surface area contributed by atoms with Gasteiger partial charge < -0.3 is 29.2 Å². The molecule has 428 valence electrons. The smallest absolute Gasteiger partial charge is 0.179 e. The fraction of sp³-hybridized carbons (Fsp3) is 0.631. The maximum Gasteiger partial charge on any atom is 0.179 e. The van der Waals surface area contributed by atoms with Gasteiger partial charge >= 0.3 is 0 Å². The van der Waals surface area contributed by atoms with Gasteiger partial charge in [-0.25, -0.2) is 16.8 Å². The molecule has 4 atom stereocenters. The van der Waals surface area contributed by atoms with E-state index < -0.39 is 54.5 Å². The van der Waals surface area contributed by atoms with E-state index in [9.17, 15) is 27.0 Å². The van der Waals surface area contributed by atoms with Gasteiger partial charge in [0.1, 0.15) is 5.75 Å². The van der Waals surface area contributed by atoms with Crippen LogP contribution in [0.25, 0.3) is 0 Å². The third kappa shape index (κ3) is 15.7. The number of hydrogen-bond acceptors (Lipinski definition) is 9. The minimum absolute atomic E-state index is 0.0162. The molecule has 2 N–H and O–H groups in total. The summed E-state index contributed by atoms with van der Waals surface area (Å²) in [6.45, 7) is 11.4. The van der Waals surface area contributed by atoms with Crippen molar-refractivity contribution in [3.05, 3.63) is 113 Å². The molecule has 0 bridgehead atoms. The normalized spacial score (nSPS) is 20.4. The zero-order chi connectivity index (χ0) is 56.0. The number of sulfone groups is 2. The third-order valence-electron chi connectivity index (χ3n) is 17.5. The highest BCUT2D eigenvalue weighted by Gasteiger charge is 2.51. The van der Waals surface area contributed by atoms with E-state index in [1.807, 2.05) is 86.5 Å². The summed E-state index contributed by atoms with van der Waals surface area (Å²) in [5.74, 6) is -0.187. The molecule has 6 rings (SSSR count). The monoisotopic (exact) mass is 1100 g/mol. The van der Waals surface area contributed by atoms with E-state index in [1.54, 1.807) is 12.1 Å². The molecular formula is C65H100N3O7S2+. The Bertz CT molecular complexity index is 2490. The number of nitrogens with zero attached hydrogens (tertiary/aromatic N) is 3. The second kappa shape index (κ2) is 28.0. The summed E-state index contributed by atoms with van der Waals surface area (Å²) in [5, 5.41) is 25.1. The quantitative estimate of drug-likeness (QED) is 0.0388. The molecule has 0 spiro atoms. The predicted octanol–water partition coefficient (Wildman–Crippen LogP) is 13.5. The van der Waals surface area contributed by atoms with Crippen LogP contribution in [0.3, 0.4) is 0 Å². The number of ether oxygens (including phenoxy) is 1. The lowest BCUT2D eigenvalue weighted by Crippen LogP contribution is -2.43. The largest absolute Gasteiger partial charge is 0.494 e. The van der Waals surface area contributed by atoms with Gasteiger partial charge in [-0.1, -0.05) is 122 Å². The first-order valence-electron chi connectivity index (χ1n) is 29.7. The van der Waals surface area contributed by atoms with Crippen molar-refractivity contribution in [2.45, 2.75) is 190 Å². The zero-order valence-corrected chi connectivity index (χ0v) is 50.8. The van der Waals surface area contributed by atoms with E-state index >= 15 is 0 Å². The van der Waals surface area contributed by atoms with Crippen LogP contribution in [-0.2, 0) is 26.1 Å². The fourth-order valence-electron chi connectivity index (χ4n) is 12.8. The van der Waals surface area contributed by atoms with Crippen LogP contribution in [0.5, 0.6) is 5.75 Å². The first-order chi connectivity index (χ1) is 36.7. The van der Waals surface area contributed by atoms with Crippen LogP contribution >= 0.6 is 0 Å². The Hall–Kier alpha value is -3.94. The molecule has 4 aromatic carbocycles. The number of aryl methyl sites for hydroxylation is 1. The van der Waals surface area contributed by atoms with Crippen molar-refractivity contribution in [2.75, 3.05) is 83.3 Å². The first kappa shape index (κ1) is 62.3. The Morgan fingerprint density at radius 2 is 0.909 bits per heavy atom.